The van der Waals surface area contributed by atoms with Crippen molar-refractivity contribution in [2.75, 3.05) is 0 Å². The van der Waals surface area contributed by atoms with Gasteiger partial charge in [-0.3, -0.25) is 0 Å². The molecule has 1 N–H and O–H groups in total. The Bertz CT molecular complexity index is 162. The van der Waals surface area contributed by atoms with E-state index in [9.17, 15) is 0 Å². The number of hydrogen-bond acceptors (Lipinski definition) is 1. The molecule has 0 saturated carbocycles. The van der Waals surface area contributed by atoms with E-state index in [0.29, 0.717) is 5.92 Å². The van der Waals surface area contributed by atoms with Crippen molar-refractivity contribution >= 4 is 17.2 Å². The largest absolute Gasteiger partial charge is 0.354 e. The first-order chi connectivity index (χ1) is 7.11. The monoisotopic (exact) mass is 231 g/mol. The maximum absolute atomic E-state index is 4.95. The van der Waals surface area contributed by atoms with Crippen LogP contribution in [0.1, 0.15) is 61.8 Å². The van der Waals surface area contributed by atoms with Crippen molar-refractivity contribution in [2.24, 2.45) is 5.92 Å². The first-order valence-electron chi connectivity index (χ1n) is 6.05. The van der Waals surface area contributed by atoms with Gasteiger partial charge in [-0.2, -0.15) is 0 Å². The summed E-state index contributed by atoms with van der Waals surface area (Å²) in [7, 11) is 0. The maximum Gasteiger partial charge on any atom is 0.0763 e. The highest BCUT2D eigenvalue weighted by Crippen LogP contribution is 2.10. The van der Waals surface area contributed by atoms with Gasteiger partial charge in [0.15, 0.2) is 0 Å². The molecule has 0 aliphatic heterocycles. The van der Waals surface area contributed by atoms with E-state index in [4.69, 9.17) is 12.2 Å². The number of nitrogens with one attached hydrogen (secondary N) is 1. The smallest absolute Gasteiger partial charge is 0.0763 e. The Morgan fingerprint density at radius 1 is 1.27 bits per heavy atom. The van der Waals surface area contributed by atoms with Crippen molar-refractivity contribution in [3.8, 4) is 0 Å². The molecule has 0 rings (SSSR count). The van der Waals surface area contributed by atoms with Crippen molar-refractivity contribution in [1.29, 1.82) is 0 Å². The molecule has 0 fully saturated rings. The summed E-state index contributed by atoms with van der Waals surface area (Å²) in [6.45, 7) is 16.3. The molecule has 0 heterocycles. The summed E-state index contributed by atoms with van der Waals surface area (Å²) in [5.41, 5.74) is 1.24. The predicted octanol–water partition coefficient (Wildman–Crippen LogP) is 4.93. The molecule has 0 bridgehead atoms. The predicted molar refractivity (Wildman–Crippen MR) is 77.3 cm³/mol. The first-order valence-corrected chi connectivity index (χ1v) is 6.46. The highest BCUT2D eigenvalue weighted by molar-refractivity contribution is 7.80. The van der Waals surface area contributed by atoms with Crippen LogP contribution in [-0.2, 0) is 0 Å². The average Bonchev–Trinajstić information content (AvgIpc) is 2.30. The van der Waals surface area contributed by atoms with E-state index in [1.54, 1.807) is 0 Å². The van der Waals surface area contributed by atoms with Gasteiger partial charge in [0, 0.05) is 5.70 Å². The van der Waals surface area contributed by atoms with Crippen molar-refractivity contribution in [3.63, 3.8) is 0 Å². The molecule has 92 valence electrons. The van der Waals surface area contributed by atoms with Gasteiger partial charge in [-0.1, -0.05) is 59.8 Å². The standard InChI is InChI=1S/C9H17NS.2C2H6/c1-5-7(3)9(6-2)10-8(4)11;2*1-2/h6-7H,5H2,1-4H3,(H,10,11);2*1-2H3/b9-6-;;. The minimum Gasteiger partial charge on any atom is -0.354 e. The second-order valence-electron chi connectivity index (χ2n) is 2.73. The van der Waals surface area contributed by atoms with Gasteiger partial charge >= 0.3 is 0 Å². The molecule has 0 saturated heterocycles. The fraction of sp³-hybridized carbons (Fsp3) is 0.769. The SMILES string of the molecule is C/C=C(\NC(C)=S)C(C)CC.CC.CC. The zero-order valence-electron chi connectivity index (χ0n) is 11.8. The Morgan fingerprint density at radius 3 is 1.87 bits per heavy atom. The van der Waals surface area contributed by atoms with Gasteiger partial charge in [0.2, 0.25) is 0 Å². The van der Waals surface area contributed by atoms with Crippen molar-refractivity contribution in [2.45, 2.75) is 61.8 Å². The highest BCUT2D eigenvalue weighted by atomic mass is 32.1. The lowest BCUT2D eigenvalue weighted by atomic mass is 10.1. The van der Waals surface area contributed by atoms with Gasteiger partial charge in [0.05, 0.1) is 4.99 Å². The van der Waals surface area contributed by atoms with E-state index in [0.717, 1.165) is 11.4 Å². The molecule has 1 unspecified atom stereocenters. The first kappa shape index (κ1) is 20.1. The Labute approximate surface area is 102 Å². The van der Waals surface area contributed by atoms with E-state index < -0.39 is 0 Å². The van der Waals surface area contributed by atoms with Gasteiger partial charge in [0.1, 0.15) is 0 Å². The summed E-state index contributed by atoms with van der Waals surface area (Å²) in [6.07, 6.45) is 3.24. The van der Waals surface area contributed by atoms with Crippen LogP contribution in [0, 0.1) is 5.92 Å². The summed E-state index contributed by atoms with van der Waals surface area (Å²) in [5.74, 6) is 0.581. The zero-order chi connectivity index (χ0) is 12.9. The van der Waals surface area contributed by atoms with Crippen LogP contribution < -0.4 is 5.32 Å². The van der Waals surface area contributed by atoms with E-state index in [1.165, 1.54) is 5.70 Å². The van der Waals surface area contributed by atoms with Gasteiger partial charge in [-0.05, 0) is 26.2 Å². The van der Waals surface area contributed by atoms with E-state index in [-0.39, 0.29) is 0 Å². The summed E-state index contributed by atoms with van der Waals surface area (Å²) in [5, 5.41) is 3.17. The van der Waals surface area contributed by atoms with Gasteiger partial charge in [0.25, 0.3) is 0 Å². The Morgan fingerprint density at radius 2 is 1.67 bits per heavy atom. The summed E-state index contributed by atoms with van der Waals surface area (Å²) in [4.78, 5) is 0.846. The minimum atomic E-state index is 0.581. The second-order valence-corrected chi connectivity index (χ2v) is 3.35. The van der Waals surface area contributed by atoms with Crippen LogP contribution >= 0.6 is 12.2 Å². The third-order valence-electron chi connectivity index (χ3n) is 1.77. The fourth-order valence-corrected chi connectivity index (χ4v) is 1.02. The Hall–Kier alpha value is -0.370. The number of hydrogen-bond donors (Lipinski definition) is 1. The summed E-state index contributed by atoms with van der Waals surface area (Å²) >= 11 is 4.95. The minimum absolute atomic E-state index is 0.581. The number of rotatable bonds is 3. The lowest BCUT2D eigenvalue weighted by Crippen LogP contribution is -2.21. The van der Waals surface area contributed by atoms with Crippen LogP contribution in [0.4, 0.5) is 0 Å². The quantitative estimate of drug-likeness (QED) is 0.692. The van der Waals surface area contributed by atoms with E-state index in [1.807, 2.05) is 41.5 Å². The van der Waals surface area contributed by atoms with Gasteiger partial charge < -0.3 is 5.32 Å². The van der Waals surface area contributed by atoms with Crippen LogP contribution in [0.2, 0.25) is 0 Å². The van der Waals surface area contributed by atoms with Crippen LogP contribution in [0.3, 0.4) is 0 Å². The molecule has 0 radical (unpaired) electrons. The molecule has 0 amide bonds. The molecule has 0 aromatic carbocycles. The van der Waals surface area contributed by atoms with E-state index >= 15 is 0 Å². The molecular weight excluding hydrogens is 202 g/mol. The molecule has 0 aromatic rings. The third kappa shape index (κ3) is 13.6. The van der Waals surface area contributed by atoms with Crippen LogP contribution in [0.5, 0.6) is 0 Å². The third-order valence-corrected chi connectivity index (χ3v) is 1.88. The van der Waals surface area contributed by atoms with Crippen molar-refractivity contribution < 1.29 is 0 Å². The van der Waals surface area contributed by atoms with Crippen LogP contribution in [-0.4, -0.2) is 4.99 Å². The molecule has 0 aromatic heterocycles. The molecule has 0 aliphatic rings. The number of allylic oxidation sites excluding steroid dienone is 2. The molecular formula is C13H29NS. The highest BCUT2D eigenvalue weighted by Gasteiger charge is 2.04. The normalized spacial score (nSPS) is 11.3. The lowest BCUT2D eigenvalue weighted by Gasteiger charge is -2.14. The molecule has 1 atom stereocenters. The molecule has 15 heavy (non-hydrogen) atoms. The average molecular weight is 231 g/mol. The molecule has 0 spiro atoms. The number of thiocarbonyl (C=S) groups is 1. The van der Waals surface area contributed by atoms with Crippen LogP contribution in [0.15, 0.2) is 11.8 Å². The second kappa shape index (κ2) is 16.1. The maximum atomic E-state index is 4.95. The Kier molecular flexibility index (Phi) is 21.5. The molecule has 1 nitrogen and oxygen atoms in total. The van der Waals surface area contributed by atoms with Crippen LogP contribution in [0.25, 0.3) is 0 Å². The van der Waals surface area contributed by atoms with Gasteiger partial charge in [-0.15, -0.1) is 0 Å². The van der Waals surface area contributed by atoms with E-state index in [2.05, 4.69) is 25.2 Å². The summed E-state index contributed by atoms with van der Waals surface area (Å²) < 4.78 is 0. The summed E-state index contributed by atoms with van der Waals surface area (Å²) in [6, 6.07) is 0. The lowest BCUT2D eigenvalue weighted by molar-refractivity contribution is 0.628. The Balaban J connectivity index is -0.000000318. The topological polar surface area (TPSA) is 12.0 Å². The zero-order valence-corrected chi connectivity index (χ0v) is 12.6. The molecule has 0 aliphatic carbocycles. The van der Waals surface area contributed by atoms with Gasteiger partial charge in [-0.25, -0.2) is 0 Å². The van der Waals surface area contributed by atoms with Crippen molar-refractivity contribution in [3.05, 3.63) is 11.8 Å². The fourth-order valence-electron chi connectivity index (χ4n) is 0.903. The van der Waals surface area contributed by atoms with Crippen molar-refractivity contribution in [1.82, 2.24) is 5.32 Å². The molecule has 2 heteroatoms.